The first kappa shape index (κ1) is 14.0. The maximum atomic E-state index is 9.36. The van der Waals surface area contributed by atoms with Crippen molar-refractivity contribution in [1.82, 2.24) is 5.32 Å². The van der Waals surface area contributed by atoms with Crippen molar-refractivity contribution < 1.29 is 5.11 Å². The highest BCUT2D eigenvalue weighted by Gasteiger charge is 2.21. The van der Waals surface area contributed by atoms with Gasteiger partial charge in [-0.25, -0.2) is 0 Å². The Morgan fingerprint density at radius 3 is 2.50 bits per heavy atom. The molecule has 0 amide bonds. The molecule has 0 aliphatic carbocycles. The second kappa shape index (κ2) is 6.64. The number of rotatable bonds is 6. The summed E-state index contributed by atoms with van der Waals surface area (Å²) >= 11 is 5.17. The van der Waals surface area contributed by atoms with Gasteiger partial charge in [0.15, 0.2) is 0 Å². The minimum atomic E-state index is -0.202. The molecular formula is C12H18BrNOS. The number of aliphatic hydroxyl groups is 1. The fraction of sp³-hybridized carbons (Fsp3) is 0.500. The fourth-order valence-electron chi connectivity index (χ4n) is 1.35. The SMILES string of the molecule is CCNC(C)(CO)CSc1ccc(Br)cc1. The number of aliphatic hydroxyl groups excluding tert-OH is 1. The third-order valence-electron chi connectivity index (χ3n) is 2.32. The molecule has 2 N–H and O–H groups in total. The third kappa shape index (κ3) is 4.45. The number of hydrogen-bond donors (Lipinski definition) is 2. The van der Waals surface area contributed by atoms with Crippen LogP contribution in [-0.2, 0) is 0 Å². The lowest BCUT2D eigenvalue weighted by Crippen LogP contribution is -2.47. The minimum Gasteiger partial charge on any atom is -0.394 e. The summed E-state index contributed by atoms with van der Waals surface area (Å²) in [6.45, 7) is 5.13. The largest absolute Gasteiger partial charge is 0.394 e. The van der Waals surface area contributed by atoms with Crippen LogP contribution in [-0.4, -0.2) is 29.5 Å². The Morgan fingerprint density at radius 1 is 1.38 bits per heavy atom. The number of hydrogen-bond acceptors (Lipinski definition) is 3. The zero-order valence-electron chi connectivity index (χ0n) is 9.66. The highest BCUT2D eigenvalue weighted by Crippen LogP contribution is 2.24. The highest BCUT2D eigenvalue weighted by atomic mass is 79.9. The molecule has 0 heterocycles. The summed E-state index contributed by atoms with van der Waals surface area (Å²) < 4.78 is 1.09. The smallest absolute Gasteiger partial charge is 0.0618 e. The van der Waals surface area contributed by atoms with Crippen molar-refractivity contribution in [3.8, 4) is 0 Å². The number of likely N-dealkylation sites (N-methyl/N-ethyl adjacent to an activating group) is 1. The Balaban J connectivity index is 2.52. The molecule has 0 bridgehead atoms. The van der Waals surface area contributed by atoms with Gasteiger partial charge in [-0.1, -0.05) is 22.9 Å². The number of halogens is 1. The normalized spacial score (nSPS) is 14.8. The molecule has 1 unspecified atom stereocenters. The van der Waals surface area contributed by atoms with Gasteiger partial charge in [-0.2, -0.15) is 0 Å². The first-order valence-corrected chi connectivity index (χ1v) is 7.12. The van der Waals surface area contributed by atoms with Gasteiger partial charge in [0.05, 0.1) is 6.61 Å². The van der Waals surface area contributed by atoms with Crippen LogP contribution in [0.2, 0.25) is 0 Å². The molecule has 0 saturated carbocycles. The molecule has 1 aromatic carbocycles. The summed E-state index contributed by atoms with van der Waals surface area (Å²) in [4.78, 5) is 1.22. The molecule has 0 aromatic heterocycles. The maximum absolute atomic E-state index is 9.36. The van der Waals surface area contributed by atoms with Crippen LogP contribution in [0.3, 0.4) is 0 Å². The van der Waals surface area contributed by atoms with Crippen molar-refractivity contribution in [3.05, 3.63) is 28.7 Å². The zero-order chi connectivity index (χ0) is 12.0. The zero-order valence-corrected chi connectivity index (χ0v) is 12.1. The van der Waals surface area contributed by atoms with Crippen molar-refractivity contribution >= 4 is 27.7 Å². The predicted octanol–water partition coefficient (Wildman–Crippen LogP) is 2.90. The van der Waals surface area contributed by atoms with Crippen LogP contribution in [0, 0.1) is 0 Å². The third-order valence-corrected chi connectivity index (χ3v) is 4.24. The molecular weight excluding hydrogens is 286 g/mol. The van der Waals surface area contributed by atoms with Crippen molar-refractivity contribution in [3.63, 3.8) is 0 Å². The second-order valence-corrected chi connectivity index (χ2v) is 5.96. The van der Waals surface area contributed by atoms with Crippen molar-refractivity contribution in [2.24, 2.45) is 0 Å². The van der Waals surface area contributed by atoms with E-state index in [1.807, 2.05) is 19.1 Å². The van der Waals surface area contributed by atoms with E-state index in [9.17, 15) is 5.11 Å². The van der Waals surface area contributed by atoms with E-state index >= 15 is 0 Å². The van der Waals surface area contributed by atoms with Gasteiger partial charge in [-0.15, -0.1) is 11.8 Å². The van der Waals surface area contributed by atoms with E-state index < -0.39 is 0 Å². The lowest BCUT2D eigenvalue weighted by Gasteiger charge is -2.27. The summed E-state index contributed by atoms with van der Waals surface area (Å²) in [6.07, 6.45) is 0. The van der Waals surface area contributed by atoms with E-state index in [1.165, 1.54) is 4.90 Å². The molecule has 0 spiro atoms. The average molecular weight is 304 g/mol. The topological polar surface area (TPSA) is 32.3 Å². The molecule has 2 nitrogen and oxygen atoms in total. The van der Waals surface area contributed by atoms with Crippen molar-refractivity contribution in [2.75, 3.05) is 18.9 Å². The molecule has 4 heteroatoms. The van der Waals surface area contributed by atoms with Crippen LogP contribution in [0.4, 0.5) is 0 Å². The molecule has 0 radical (unpaired) electrons. The molecule has 0 aliphatic rings. The van der Waals surface area contributed by atoms with E-state index in [4.69, 9.17) is 0 Å². The van der Waals surface area contributed by atoms with Gasteiger partial charge in [-0.05, 0) is 37.7 Å². The van der Waals surface area contributed by atoms with Crippen LogP contribution in [0.5, 0.6) is 0 Å². The van der Waals surface area contributed by atoms with Gasteiger partial charge in [0.1, 0.15) is 0 Å². The summed E-state index contributed by atoms with van der Waals surface area (Å²) in [5, 5.41) is 12.7. The minimum absolute atomic E-state index is 0.157. The van der Waals surface area contributed by atoms with Crippen LogP contribution >= 0.6 is 27.7 Å². The van der Waals surface area contributed by atoms with Crippen LogP contribution in [0.1, 0.15) is 13.8 Å². The van der Waals surface area contributed by atoms with Gasteiger partial charge in [0.2, 0.25) is 0 Å². The van der Waals surface area contributed by atoms with Crippen LogP contribution < -0.4 is 5.32 Å². The monoisotopic (exact) mass is 303 g/mol. The Kier molecular flexibility index (Phi) is 5.83. The van der Waals surface area contributed by atoms with Crippen LogP contribution in [0.15, 0.2) is 33.6 Å². The van der Waals surface area contributed by atoms with Gasteiger partial charge in [-0.3, -0.25) is 0 Å². The van der Waals surface area contributed by atoms with Gasteiger partial charge >= 0.3 is 0 Å². The number of nitrogens with one attached hydrogen (secondary N) is 1. The van der Waals surface area contributed by atoms with E-state index in [2.05, 4.69) is 40.3 Å². The summed E-state index contributed by atoms with van der Waals surface area (Å²) in [5.41, 5.74) is -0.202. The van der Waals surface area contributed by atoms with Crippen molar-refractivity contribution in [2.45, 2.75) is 24.3 Å². The molecule has 0 saturated heterocycles. The van der Waals surface area contributed by atoms with E-state index in [1.54, 1.807) is 11.8 Å². The van der Waals surface area contributed by atoms with Gasteiger partial charge < -0.3 is 10.4 Å². The summed E-state index contributed by atoms with van der Waals surface area (Å²) in [6, 6.07) is 8.23. The molecule has 1 atom stereocenters. The lowest BCUT2D eigenvalue weighted by molar-refractivity contribution is 0.194. The predicted molar refractivity (Wildman–Crippen MR) is 74.0 cm³/mol. The van der Waals surface area contributed by atoms with E-state index in [0.717, 1.165) is 16.8 Å². The summed E-state index contributed by atoms with van der Waals surface area (Å²) in [7, 11) is 0. The van der Waals surface area contributed by atoms with Gasteiger partial charge in [0.25, 0.3) is 0 Å². The van der Waals surface area contributed by atoms with Crippen LogP contribution in [0.25, 0.3) is 0 Å². The quantitative estimate of drug-likeness (QED) is 0.793. The van der Waals surface area contributed by atoms with E-state index in [-0.39, 0.29) is 12.1 Å². The molecule has 1 aromatic rings. The van der Waals surface area contributed by atoms with Crippen molar-refractivity contribution in [1.29, 1.82) is 0 Å². The Bertz CT molecular complexity index is 317. The second-order valence-electron chi connectivity index (χ2n) is 3.99. The highest BCUT2D eigenvalue weighted by molar-refractivity contribution is 9.10. The van der Waals surface area contributed by atoms with Gasteiger partial charge in [0, 0.05) is 20.7 Å². The first-order valence-electron chi connectivity index (χ1n) is 5.34. The van der Waals surface area contributed by atoms with E-state index in [0.29, 0.717) is 0 Å². The first-order chi connectivity index (χ1) is 7.59. The number of benzene rings is 1. The Labute approximate surface area is 110 Å². The Morgan fingerprint density at radius 2 is 2.00 bits per heavy atom. The molecule has 1 rings (SSSR count). The fourth-order valence-corrected chi connectivity index (χ4v) is 2.62. The molecule has 90 valence electrons. The molecule has 0 fully saturated rings. The lowest BCUT2D eigenvalue weighted by atomic mass is 10.1. The molecule has 16 heavy (non-hydrogen) atoms. The summed E-state index contributed by atoms with van der Waals surface area (Å²) in [5.74, 6) is 0.860. The Hall–Kier alpha value is -0.0300. The standard InChI is InChI=1S/C12H18BrNOS/c1-3-14-12(2,8-15)9-16-11-6-4-10(13)5-7-11/h4-7,14-15H,3,8-9H2,1-2H3. The average Bonchev–Trinajstić information content (AvgIpc) is 2.29. The number of thioether (sulfide) groups is 1. The maximum Gasteiger partial charge on any atom is 0.0618 e. The molecule has 0 aliphatic heterocycles.